The standard InChI is InChI=1S/C13H11BrClNO/c14-11-3-1-2-10(6-11)13(17)7-9-4-5-16-8-12(9)15/h1-6,8,13,17H,7H2. The second-order valence-corrected chi connectivity index (χ2v) is 5.06. The summed E-state index contributed by atoms with van der Waals surface area (Å²) in [6, 6.07) is 9.44. The molecule has 4 heteroatoms. The molecule has 0 amide bonds. The fraction of sp³-hybridized carbons (Fsp3) is 0.154. The summed E-state index contributed by atoms with van der Waals surface area (Å²) in [5.74, 6) is 0. The second kappa shape index (κ2) is 5.63. The number of nitrogens with zero attached hydrogens (tertiary/aromatic N) is 1. The van der Waals surface area contributed by atoms with Gasteiger partial charge in [-0.3, -0.25) is 4.98 Å². The molecule has 1 heterocycles. The molecule has 17 heavy (non-hydrogen) atoms. The molecule has 0 bridgehead atoms. The molecule has 0 fully saturated rings. The Morgan fingerprint density at radius 3 is 2.88 bits per heavy atom. The first-order valence-electron chi connectivity index (χ1n) is 5.19. The van der Waals surface area contributed by atoms with E-state index in [4.69, 9.17) is 11.6 Å². The van der Waals surface area contributed by atoms with Crippen molar-refractivity contribution in [3.8, 4) is 0 Å². The van der Waals surface area contributed by atoms with Crippen LogP contribution >= 0.6 is 27.5 Å². The Bertz CT molecular complexity index is 518. The predicted octanol–water partition coefficient (Wildman–Crippen LogP) is 3.77. The highest BCUT2D eigenvalue weighted by atomic mass is 79.9. The first-order valence-corrected chi connectivity index (χ1v) is 6.36. The van der Waals surface area contributed by atoms with Gasteiger partial charge in [-0.15, -0.1) is 0 Å². The molecule has 2 aromatic rings. The minimum Gasteiger partial charge on any atom is -0.388 e. The van der Waals surface area contributed by atoms with E-state index >= 15 is 0 Å². The van der Waals surface area contributed by atoms with E-state index in [2.05, 4.69) is 20.9 Å². The Kier molecular flexibility index (Phi) is 4.15. The van der Waals surface area contributed by atoms with Gasteiger partial charge in [0.2, 0.25) is 0 Å². The molecule has 1 N–H and O–H groups in total. The molecule has 0 aliphatic heterocycles. The van der Waals surface area contributed by atoms with Crippen molar-refractivity contribution in [3.05, 3.63) is 63.3 Å². The molecule has 0 saturated heterocycles. The maximum absolute atomic E-state index is 10.1. The highest BCUT2D eigenvalue weighted by Crippen LogP contribution is 2.24. The number of aliphatic hydroxyl groups is 1. The third-order valence-corrected chi connectivity index (χ3v) is 3.34. The lowest BCUT2D eigenvalue weighted by atomic mass is 10.0. The summed E-state index contributed by atoms with van der Waals surface area (Å²) in [7, 11) is 0. The average Bonchev–Trinajstić information content (AvgIpc) is 2.32. The summed E-state index contributed by atoms with van der Waals surface area (Å²) in [6.07, 6.45) is 3.18. The molecule has 0 aliphatic rings. The van der Waals surface area contributed by atoms with Crippen LogP contribution in [-0.2, 0) is 6.42 Å². The lowest BCUT2D eigenvalue weighted by Crippen LogP contribution is -2.02. The number of halogens is 2. The van der Waals surface area contributed by atoms with Gasteiger partial charge in [0, 0.05) is 23.3 Å². The number of benzene rings is 1. The molecule has 1 aromatic heterocycles. The van der Waals surface area contributed by atoms with Crippen molar-refractivity contribution in [2.24, 2.45) is 0 Å². The zero-order valence-electron chi connectivity index (χ0n) is 8.98. The highest BCUT2D eigenvalue weighted by Gasteiger charge is 2.10. The van der Waals surface area contributed by atoms with Crippen LogP contribution in [0.1, 0.15) is 17.2 Å². The number of hydrogen-bond donors (Lipinski definition) is 1. The van der Waals surface area contributed by atoms with E-state index in [0.29, 0.717) is 11.4 Å². The van der Waals surface area contributed by atoms with E-state index in [1.165, 1.54) is 0 Å². The fourth-order valence-electron chi connectivity index (χ4n) is 1.61. The summed E-state index contributed by atoms with van der Waals surface area (Å²) >= 11 is 9.39. The lowest BCUT2D eigenvalue weighted by molar-refractivity contribution is 0.178. The van der Waals surface area contributed by atoms with Gasteiger partial charge in [0.25, 0.3) is 0 Å². The summed E-state index contributed by atoms with van der Waals surface area (Å²) in [5.41, 5.74) is 1.77. The Morgan fingerprint density at radius 1 is 1.35 bits per heavy atom. The normalized spacial score (nSPS) is 12.4. The zero-order chi connectivity index (χ0) is 12.3. The zero-order valence-corrected chi connectivity index (χ0v) is 11.3. The van der Waals surface area contributed by atoms with E-state index in [1.807, 2.05) is 30.3 Å². The van der Waals surface area contributed by atoms with E-state index in [-0.39, 0.29) is 0 Å². The molecule has 0 spiro atoms. The molecule has 1 aromatic carbocycles. The van der Waals surface area contributed by atoms with Crippen LogP contribution in [0.5, 0.6) is 0 Å². The Balaban J connectivity index is 2.17. The first-order chi connectivity index (χ1) is 8.16. The van der Waals surface area contributed by atoms with Crippen LogP contribution < -0.4 is 0 Å². The molecule has 0 saturated carbocycles. The van der Waals surface area contributed by atoms with Crippen molar-refractivity contribution >= 4 is 27.5 Å². The van der Waals surface area contributed by atoms with Crippen molar-refractivity contribution in [1.82, 2.24) is 4.98 Å². The maximum Gasteiger partial charge on any atom is 0.0831 e. The van der Waals surface area contributed by atoms with Crippen molar-refractivity contribution in [1.29, 1.82) is 0 Å². The minimum atomic E-state index is -0.563. The van der Waals surface area contributed by atoms with Crippen LogP contribution in [0, 0.1) is 0 Å². The first kappa shape index (κ1) is 12.6. The van der Waals surface area contributed by atoms with E-state index < -0.39 is 6.10 Å². The Hall–Kier alpha value is -0.900. The number of hydrogen-bond acceptors (Lipinski definition) is 2. The molecular weight excluding hydrogens is 302 g/mol. The SMILES string of the molecule is OC(Cc1ccncc1Cl)c1cccc(Br)c1. The quantitative estimate of drug-likeness (QED) is 0.936. The molecule has 0 radical (unpaired) electrons. The van der Waals surface area contributed by atoms with Gasteiger partial charge in [0.15, 0.2) is 0 Å². The third-order valence-electron chi connectivity index (χ3n) is 2.50. The van der Waals surface area contributed by atoms with Crippen LogP contribution in [0.4, 0.5) is 0 Å². The second-order valence-electron chi connectivity index (χ2n) is 3.74. The third kappa shape index (κ3) is 3.28. The summed E-state index contributed by atoms with van der Waals surface area (Å²) in [6.45, 7) is 0. The number of aliphatic hydroxyl groups excluding tert-OH is 1. The van der Waals surface area contributed by atoms with E-state index in [0.717, 1.165) is 15.6 Å². The van der Waals surface area contributed by atoms with Gasteiger partial charge < -0.3 is 5.11 Å². The van der Waals surface area contributed by atoms with Gasteiger partial charge in [0.1, 0.15) is 0 Å². The fourth-order valence-corrected chi connectivity index (χ4v) is 2.22. The summed E-state index contributed by atoms with van der Waals surface area (Å²) < 4.78 is 0.954. The van der Waals surface area contributed by atoms with Crippen LogP contribution in [0.15, 0.2) is 47.2 Å². The van der Waals surface area contributed by atoms with Gasteiger partial charge in [-0.05, 0) is 29.3 Å². The topological polar surface area (TPSA) is 33.1 Å². The molecule has 1 unspecified atom stereocenters. The minimum absolute atomic E-state index is 0.484. The number of pyridine rings is 1. The molecular formula is C13H11BrClNO. The number of aromatic nitrogens is 1. The van der Waals surface area contributed by atoms with Crippen molar-refractivity contribution in [2.45, 2.75) is 12.5 Å². The molecule has 0 aliphatic carbocycles. The van der Waals surface area contributed by atoms with Gasteiger partial charge >= 0.3 is 0 Å². The lowest BCUT2D eigenvalue weighted by Gasteiger charge is -2.12. The smallest absolute Gasteiger partial charge is 0.0831 e. The van der Waals surface area contributed by atoms with Crippen molar-refractivity contribution in [2.75, 3.05) is 0 Å². The molecule has 2 nitrogen and oxygen atoms in total. The van der Waals surface area contributed by atoms with Gasteiger partial charge in [-0.2, -0.15) is 0 Å². The predicted molar refractivity (Wildman–Crippen MR) is 72.1 cm³/mol. The summed E-state index contributed by atoms with van der Waals surface area (Å²) in [5, 5.41) is 10.7. The molecule has 2 rings (SSSR count). The van der Waals surface area contributed by atoms with Gasteiger partial charge in [-0.25, -0.2) is 0 Å². The van der Waals surface area contributed by atoms with Crippen molar-refractivity contribution < 1.29 is 5.11 Å². The summed E-state index contributed by atoms with van der Waals surface area (Å²) in [4.78, 5) is 3.92. The largest absolute Gasteiger partial charge is 0.388 e. The van der Waals surface area contributed by atoms with Gasteiger partial charge in [-0.1, -0.05) is 39.7 Å². The molecule has 88 valence electrons. The number of rotatable bonds is 3. The van der Waals surface area contributed by atoms with Crippen LogP contribution in [0.2, 0.25) is 5.02 Å². The van der Waals surface area contributed by atoms with E-state index in [9.17, 15) is 5.11 Å². The monoisotopic (exact) mass is 311 g/mol. The maximum atomic E-state index is 10.1. The van der Waals surface area contributed by atoms with Crippen LogP contribution in [-0.4, -0.2) is 10.1 Å². The average molecular weight is 313 g/mol. The van der Waals surface area contributed by atoms with Crippen LogP contribution in [0.25, 0.3) is 0 Å². The Labute approximate surface area is 113 Å². The Morgan fingerprint density at radius 2 is 2.18 bits per heavy atom. The molecule has 1 atom stereocenters. The van der Waals surface area contributed by atoms with Crippen LogP contribution in [0.3, 0.4) is 0 Å². The highest BCUT2D eigenvalue weighted by molar-refractivity contribution is 9.10. The van der Waals surface area contributed by atoms with Crippen molar-refractivity contribution in [3.63, 3.8) is 0 Å². The van der Waals surface area contributed by atoms with Gasteiger partial charge in [0.05, 0.1) is 11.1 Å². The van der Waals surface area contributed by atoms with E-state index in [1.54, 1.807) is 12.4 Å².